The van der Waals surface area contributed by atoms with E-state index in [1.807, 2.05) is 18.2 Å². The molecule has 7 heteroatoms. The molecule has 0 atom stereocenters. The van der Waals surface area contributed by atoms with Gasteiger partial charge >= 0.3 is 0 Å². The van der Waals surface area contributed by atoms with E-state index in [9.17, 15) is 14.4 Å². The average Bonchev–Trinajstić information content (AvgIpc) is 2.89. The number of nitrogen functional groups attached to an aromatic ring is 1. The van der Waals surface area contributed by atoms with Crippen molar-refractivity contribution in [2.45, 2.75) is 6.54 Å². The highest BCUT2D eigenvalue weighted by Gasteiger charge is 2.20. The summed E-state index contributed by atoms with van der Waals surface area (Å²) in [6.07, 6.45) is 0. The topological polar surface area (TPSA) is 118 Å². The molecule has 7 nitrogen and oxygen atoms in total. The molecule has 0 aliphatic heterocycles. The fourth-order valence-corrected chi connectivity index (χ4v) is 2.07. The second-order valence-electron chi connectivity index (χ2n) is 4.51. The highest BCUT2D eigenvalue weighted by Crippen LogP contribution is 2.21. The number of benzene rings is 1. The Balaban J connectivity index is 1.90. The number of rotatable bonds is 4. The Hall–Kier alpha value is -3.09. The SMILES string of the molecule is Nc1c(NCc2c(-c3ccccc3)o[nH]c2=O)c(=O)c1=O. The molecule has 106 valence electrons. The Morgan fingerprint density at radius 3 is 2.48 bits per heavy atom. The fourth-order valence-electron chi connectivity index (χ4n) is 2.07. The second kappa shape index (κ2) is 4.78. The monoisotopic (exact) mass is 285 g/mol. The minimum Gasteiger partial charge on any atom is -0.394 e. The zero-order chi connectivity index (χ0) is 15.0. The smallest absolute Gasteiger partial charge is 0.285 e. The van der Waals surface area contributed by atoms with Gasteiger partial charge in [0.2, 0.25) is 0 Å². The van der Waals surface area contributed by atoms with Crippen molar-refractivity contribution in [2.75, 3.05) is 11.1 Å². The van der Waals surface area contributed by atoms with E-state index in [0.29, 0.717) is 11.3 Å². The van der Waals surface area contributed by atoms with Crippen LogP contribution in [0.3, 0.4) is 0 Å². The second-order valence-corrected chi connectivity index (χ2v) is 4.51. The van der Waals surface area contributed by atoms with Gasteiger partial charge in [0.25, 0.3) is 16.4 Å². The number of hydrogen-bond donors (Lipinski definition) is 3. The van der Waals surface area contributed by atoms with Crippen LogP contribution in [0.1, 0.15) is 5.56 Å². The predicted molar refractivity (Wildman–Crippen MR) is 77.9 cm³/mol. The van der Waals surface area contributed by atoms with Gasteiger partial charge in [-0.05, 0) is 0 Å². The van der Waals surface area contributed by atoms with Crippen molar-refractivity contribution in [1.82, 2.24) is 5.16 Å². The normalized spacial score (nSPS) is 10.9. The Morgan fingerprint density at radius 2 is 1.81 bits per heavy atom. The van der Waals surface area contributed by atoms with Gasteiger partial charge in [0.15, 0.2) is 5.76 Å². The summed E-state index contributed by atoms with van der Waals surface area (Å²) in [5.74, 6) is 0.380. The molecule has 0 aliphatic rings. The van der Waals surface area contributed by atoms with Gasteiger partial charge in [0.05, 0.1) is 5.56 Å². The summed E-state index contributed by atoms with van der Waals surface area (Å²) >= 11 is 0. The fraction of sp³-hybridized carbons (Fsp3) is 0.0714. The first-order valence-electron chi connectivity index (χ1n) is 6.18. The highest BCUT2D eigenvalue weighted by atomic mass is 16.5. The van der Waals surface area contributed by atoms with Crippen LogP contribution in [0, 0.1) is 0 Å². The quantitative estimate of drug-likeness (QED) is 0.598. The molecule has 1 heterocycles. The van der Waals surface area contributed by atoms with E-state index >= 15 is 0 Å². The first-order chi connectivity index (χ1) is 10.1. The molecule has 0 saturated heterocycles. The molecule has 1 aromatic heterocycles. The van der Waals surface area contributed by atoms with Crippen LogP contribution in [0.5, 0.6) is 0 Å². The van der Waals surface area contributed by atoms with Crippen LogP contribution in [0.4, 0.5) is 11.4 Å². The van der Waals surface area contributed by atoms with Crippen molar-refractivity contribution in [3.05, 3.63) is 66.7 Å². The molecule has 4 N–H and O–H groups in total. The molecule has 0 radical (unpaired) electrons. The zero-order valence-electron chi connectivity index (χ0n) is 10.8. The molecule has 0 bridgehead atoms. The van der Waals surface area contributed by atoms with E-state index < -0.39 is 16.4 Å². The van der Waals surface area contributed by atoms with Gasteiger partial charge in [0.1, 0.15) is 11.4 Å². The number of hydrogen-bond acceptors (Lipinski definition) is 6. The maximum atomic E-state index is 11.8. The third-order valence-electron chi connectivity index (χ3n) is 3.22. The van der Waals surface area contributed by atoms with E-state index in [1.165, 1.54) is 0 Å². The van der Waals surface area contributed by atoms with Crippen molar-refractivity contribution < 1.29 is 4.52 Å². The Morgan fingerprint density at radius 1 is 1.10 bits per heavy atom. The minimum atomic E-state index is -0.707. The van der Waals surface area contributed by atoms with E-state index in [2.05, 4.69) is 10.5 Å². The number of aromatic amines is 1. The van der Waals surface area contributed by atoms with Crippen LogP contribution >= 0.6 is 0 Å². The molecule has 3 aromatic rings. The van der Waals surface area contributed by atoms with Crippen LogP contribution in [0.2, 0.25) is 0 Å². The van der Waals surface area contributed by atoms with Gasteiger partial charge in [-0.1, -0.05) is 30.3 Å². The largest absolute Gasteiger partial charge is 0.394 e. The van der Waals surface area contributed by atoms with Crippen LogP contribution < -0.4 is 27.5 Å². The third-order valence-corrected chi connectivity index (χ3v) is 3.22. The predicted octanol–water partition coefficient (Wildman–Crippen LogP) is 0.425. The van der Waals surface area contributed by atoms with Crippen molar-refractivity contribution in [3.63, 3.8) is 0 Å². The Labute approximate surface area is 117 Å². The van der Waals surface area contributed by atoms with E-state index in [0.717, 1.165) is 5.56 Å². The summed E-state index contributed by atoms with van der Waals surface area (Å²) in [5, 5.41) is 4.96. The van der Waals surface area contributed by atoms with E-state index in [1.54, 1.807) is 12.1 Å². The Kier molecular flexibility index (Phi) is 2.94. The summed E-state index contributed by atoms with van der Waals surface area (Å²) in [6, 6.07) is 9.06. The van der Waals surface area contributed by atoms with E-state index in [-0.39, 0.29) is 17.9 Å². The molecule has 21 heavy (non-hydrogen) atoms. The lowest BCUT2D eigenvalue weighted by Crippen LogP contribution is -2.37. The Bertz CT molecular complexity index is 914. The van der Waals surface area contributed by atoms with Gasteiger partial charge in [-0.15, -0.1) is 0 Å². The first-order valence-corrected chi connectivity index (χ1v) is 6.18. The molecule has 0 aliphatic carbocycles. The molecule has 0 fully saturated rings. The highest BCUT2D eigenvalue weighted by molar-refractivity contribution is 5.71. The van der Waals surface area contributed by atoms with Crippen molar-refractivity contribution in [1.29, 1.82) is 0 Å². The van der Waals surface area contributed by atoms with Crippen molar-refractivity contribution in [3.8, 4) is 11.3 Å². The lowest BCUT2D eigenvalue weighted by Gasteiger charge is -2.08. The number of anilines is 2. The lowest BCUT2D eigenvalue weighted by molar-refractivity contribution is 0.425. The summed E-state index contributed by atoms with van der Waals surface area (Å²) in [6.45, 7) is 0.0329. The van der Waals surface area contributed by atoms with Crippen molar-refractivity contribution >= 4 is 11.4 Å². The van der Waals surface area contributed by atoms with Gasteiger partial charge < -0.3 is 15.6 Å². The number of aromatic nitrogens is 1. The zero-order valence-corrected chi connectivity index (χ0v) is 10.8. The lowest BCUT2D eigenvalue weighted by atomic mass is 10.1. The van der Waals surface area contributed by atoms with Gasteiger partial charge in [-0.25, -0.2) is 0 Å². The van der Waals surface area contributed by atoms with E-state index in [4.69, 9.17) is 10.3 Å². The summed E-state index contributed by atoms with van der Waals surface area (Å²) in [4.78, 5) is 34.1. The number of H-pyrrole nitrogens is 1. The third kappa shape index (κ3) is 2.04. The first kappa shape index (κ1) is 12.9. The summed E-state index contributed by atoms with van der Waals surface area (Å²) in [5.41, 5.74) is 4.62. The maximum absolute atomic E-state index is 11.8. The van der Waals surface area contributed by atoms with Crippen LogP contribution in [-0.4, -0.2) is 5.16 Å². The van der Waals surface area contributed by atoms with Crippen LogP contribution in [0.25, 0.3) is 11.3 Å². The molecular formula is C14H11N3O4. The molecule has 3 rings (SSSR count). The van der Waals surface area contributed by atoms with Crippen molar-refractivity contribution in [2.24, 2.45) is 0 Å². The summed E-state index contributed by atoms with van der Waals surface area (Å²) in [7, 11) is 0. The number of nitrogens with one attached hydrogen (secondary N) is 2. The van der Waals surface area contributed by atoms with Gasteiger partial charge in [-0.3, -0.25) is 14.4 Å². The summed E-state index contributed by atoms with van der Waals surface area (Å²) < 4.78 is 5.16. The molecule has 0 spiro atoms. The number of nitrogens with two attached hydrogens (primary N) is 1. The van der Waals surface area contributed by atoms with Gasteiger partial charge in [0, 0.05) is 12.1 Å². The average molecular weight is 285 g/mol. The molecular weight excluding hydrogens is 274 g/mol. The minimum absolute atomic E-state index is 0.0329. The molecule has 0 saturated carbocycles. The standard InChI is InChI=1S/C14H11N3O4/c15-9-10(12(19)11(9)18)16-6-8-13(21-17-14(8)20)7-4-2-1-3-5-7/h1-5,16H,6,15H2,(H,17,20). The maximum Gasteiger partial charge on any atom is 0.285 e. The molecule has 0 unspecified atom stereocenters. The van der Waals surface area contributed by atoms with Crippen LogP contribution in [-0.2, 0) is 6.54 Å². The van der Waals surface area contributed by atoms with Gasteiger partial charge in [-0.2, -0.15) is 5.16 Å². The molecule has 0 amide bonds. The van der Waals surface area contributed by atoms with Crippen LogP contribution in [0.15, 0.2) is 49.2 Å². The molecule has 2 aromatic carbocycles.